The number of aliphatic imine (C=N–C) groups is 1. The Balaban J connectivity index is 1.56. The molecule has 0 atom stereocenters. The molecule has 2 aromatic rings. The molecule has 0 unspecified atom stereocenters. The second kappa shape index (κ2) is 11.3. The summed E-state index contributed by atoms with van der Waals surface area (Å²) in [4.78, 5) is 4.21. The molecule has 0 radical (unpaired) electrons. The molecular formula is C21H28FN3O. The van der Waals surface area contributed by atoms with E-state index in [0.29, 0.717) is 18.7 Å². The van der Waals surface area contributed by atoms with Crippen molar-refractivity contribution in [3.05, 3.63) is 71.0 Å². The molecule has 0 amide bonds. The zero-order chi connectivity index (χ0) is 18.6. The van der Waals surface area contributed by atoms with E-state index in [2.05, 4.69) is 27.8 Å². The Kier molecular flexibility index (Phi) is 8.63. The van der Waals surface area contributed by atoms with Crippen LogP contribution < -0.4 is 10.6 Å². The number of ether oxygens (including phenoxy) is 1. The van der Waals surface area contributed by atoms with E-state index in [1.807, 2.05) is 24.3 Å². The van der Waals surface area contributed by atoms with E-state index >= 15 is 0 Å². The first-order valence-corrected chi connectivity index (χ1v) is 9.00. The first kappa shape index (κ1) is 19.9. The van der Waals surface area contributed by atoms with Gasteiger partial charge < -0.3 is 15.4 Å². The summed E-state index contributed by atoms with van der Waals surface area (Å²) in [6, 6.07) is 15.3. The molecule has 0 aliphatic carbocycles. The second-order valence-electron chi connectivity index (χ2n) is 6.18. The first-order valence-electron chi connectivity index (χ1n) is 9.00. The van der Waals surface area contributed by atoms with Crippen molar-refractivity contribution in [2.75, 3.05) is 20.2 Å². The Bertz CT molecular complexity index is 689. The van der Waals surface area contributed by atoms with Crippen molar-refractivity contribution in [2.45, 2.75) is 32.9 Å². The van der Waals surface area contributed by atoms with Crippen LogP contribution in [-0.4, -0.2) is 26.2 Å². The summed E-state index contributed by atoms with van der Waals surface area (Å²) in [6.07, 6.45) is 2.00. The summed E-state index contributed by atoms with van der Waals surface area (Å²) >= 11 is 0. The van der Waals surface area contributed by atoms with E-state index < -0.39 is 0 Å². The predicted octanol–water partition coefficient (Wildman–Crippen LogP) is 3.80. The number of hydrogen-bond donors (Lipinski definition) is 2. The number of nitrogens with zero attached hydrogens (tertiary/aromatic N) is 1. The molecule has 0 fully saturated rings. The Hall–Kier alpha value is -2.40. The number of unbranched alkanes of at least 4 members (excludes halogenated alkanes) is 1. The van der Waals surface area contributed by atoms with E-state index in [0.717, 1.165) is 37.5 Å². The maximum Gasteiger partial charge on any atom is 0.191 e. The normalized spacial score (nSPS) is 11.4. The summed E-state index contributed by atoms with van der Waals surface area (Å²) < 4.78 is 19.0. The Morgan fingerprint density at radius 2 is 1.85 bits per heavy atom. The van der Waals surface area contributed by atoms with Crippen molar-refractivity contribution in [3.8, 4) is 0 Å². The molecule has 2 rings (SSSR count). The fourth-order valence-corrected chi connectivity index (χ4v) is 2.52. The van der Waals surface area contributed by atoms with Crippen LogP contribution in [0.15, 0.2) is 53.5 Å². The van der Waals surface area contributed by atoms with Crippen LogP contribution in [0.4, 0.5) is 4.39 Å². The molecule has 0 saturated heterocycles. The largest absolute Gasteiger partial charge is 0.377 e. The third kappa shape index (κ3) is 7.23. The first-order chi connectivity index (χ1) is 12.7. The van der Waals surface area contributed by atoms with Crippen LogP contribution in [0.1, 0.15) is 29.5 Å². The van der Waals surface area contributed by atoms with Gasteiger partial charge in [0, 0.05) is 26.7 Å². The van der Waals surface area contributed by atoms with Gasteiger partial charge in [0.15, 0.2) is 5.96 Å². The van der Waals surface area contributed by atoms with Crippen LogP contribution in [0.5, 0.6) is 0 Å². The molecule has 0 aliphatic heterocycles. The Labute approximate surface area is 155 Å². The zero-order valence-electron chi connectivity index (χ0n) is 15.6. The molecule has 0 heterocycles. The molecular weight excluding hydrogens is 329 g/mol. The van der Waals surface area contributed by atoms with Gasteiger partial charge in [0.05, 0.1) is 6.61 Å². The quantitative estimate of drug-likeness (QED) is 0.408. The number of nitrogens with one attached hydrogen (secondary N) is 2. The highest BCUT2D eigenvalue weighted by Gasteiger charge is 2.01. The molecule has 0 spiro atoms. The van der Waals surface area contributed by atoms with E-state index in [-0.39, 0.29) is 5.82 Å². The topological polar surface area (TPSA) is 45.7 Å². The fourth-order valence-electron chi connectivity index (χ4n) is 2.52. The molecule has 0 bridgehead atoms. The summed E-state index contributed by atoms with van der Waals surface area (Å²) in [5.74, 6) is 0.572. The molecule has 4 nitrogen and oxygen atoms in total. The van der Waals surface area contributed by atoms with Gasteiger partial charge in [0.25, 0.3) is 0 Å². The van der Waals surface area contributed by atoms with E-state index in [1.165, 1.54) is 11.6 Å². The van der Waals surface area contributed by atoms with Gasteiger partial charge in [-0.25, -0.2) is 4.39 Å². The van der Waals surface area contributed by atoms with Crippen molar-refractivity contribution in [1.82, 2.24) is 10.6 Å². The number of hydrogen-bond acceptors (Lipinski definition) is 2. The minimum Gasteiger partial charge on any atom is -0.377 e. The maximum absolute atomic E-state index is 13.3. The Morgan fingerprint density at radius 3 is 2.58 bits per heavy atom. The number of aryl methyl sites for hydroxylation is 1. The maximum atomic E-state index is 13.3. The van der Waals surface area contributed by atoms with Gasteiger partial charge in [-0.3, -0.25) is 4.99 Å². The lowest BCUT2D eigenvalue weighted by atomic mass is 10.1. The lowest BCUT2D eigenvalue weighted by Gasteiger charge is -2.12. The average Bonchev–Trinajstić information content (AvgIpc) is 2.67. The van der Waals surface area contributed by atoms with Crippen LogP contribution in [0, 0.1) is 12.7 Å². The van der Waals surface area contributed by atoms with Crippen molar-refractivity contribution >= 4 is 5.96 Å². The van der Waals surface area contributed by atoms with Crippen LogP contribution >= 0.6 is 0 Å². The van der Waals surface area contributed by atoms with Gasteiger partial charge in [0.1, 0.15) is 5.82 Å². The average molecular weight is 357 g/mol. The van der Waals surface area contributed by atoms with Crippen LogP contribution in [0.3, 0.4) is 0 Å². The summed E-state index contributed by atoms with van der Waals surface area (Å²) in [6.45, 7) is 4.62. The van der Waals surface area contributed by atoms with Crippen LogP contribution in [-0.2, 0) is 17.9 Å². The van der Waals surface area contributed by atoms with Gasteiger partial charge in [-0.1, -0.05) is 42.5 Å². The highest BCUT2D eigenvalue weighted by molar-refractivity contribution is 5.79. The van der Waals surface area contributed by atoms with Crippen molar-refractivity contribution in [2.24, 2.45) is 4.99 Å². The molecule has 2 N–H and O–H groups in total. The molecule has 5 heteroatoms. The third-order valence-corrected chi connectivity index (χ3v) is 4.03. The monoisotopic (exact) mass is 357 g/mol. The van der Waals surface area contributed by atoms with Gasteiger partial charge in [0.2, 0.25) is 0 Å². The molecule has 26 heavy (non-hydrogen) atoms. The van der Waals surface area contributed by atoms with Crippen LogP contribution in [0.25, 0.3) is 0 Å². The van der Waals surface area contributed by atoms with Gasteiger partial charge in [-0.2, -0.15) is 0 Å². The SMILES string of the molecule is CN=C(NCCCCOCc1ccccc1)NCc1ccc(F)c(C)c1. The highest BCUT2D eigenvalue weighted by Crippen LogP contribution is 2.08. The van der Waals surface area contributed by atoms with Crippen molar-refractivity contribution < 1.29 is 9.13 Å². The van der Waals surface area contributed by atoms with Gasteiger partial charge in [-0.05, 0) is 42.5 Å². The standard InChI is InChI=1S/C21H28FN3O/c1-17-14-19(10-11-20(17)22)15-25-21(23-2)24-12-6-7-13-26-16-18-8-4-3-5-9-18/h3-5,8-11,14H,6-7,12-13,15-16H2,1-2H3,(H2,23,24,25). The lowest BCUT2D eigenvalue weighted by Crippen LogP contribution is -2.37. The smallest absolute Gasteiger partial charge is 0.191 e. The summed E-state index contributed by atoms with van der Waals surface area (Å²) in [5, 5.41) is 6.52. The molecule has 0 aromatic heterocycles. The highest BCUT2D eigenvalue weighted by atomic mass is 19.1. The number of halogens is 1. The molecule has 0 saturated carbocycles. The van der Waals surface area contributed by atoms with E-state index in [9.17, 15) is 4.39 Å². The lowest BCUT2D eigenvalue weighted by molar-refractivity contribution is 0.117. The van der Waals surface area contributed by atoms with E-state index in [1.54, 1.807) is 20.0 Å². The summed E-state index contributed by atoms with van der Waals surface area (Å²) in [5.41, 5.74) is 2.88. The zero-order valence-corrected chi connectivity index (χ0v) is 15.6. The van der Waals surface area contributed by atoms with E-state index in [4.69, 9.17) is 4.74 Å². The fraction of sp³-hybridized carbons (Fsp3) is 0.381. The minimum absolute atomic E-state index is 0.175. The van der Waals surface area contributed by atoms with Crippen molar-refractivity contribution in [1.29, 1.82) is 0 Å². The summed E-state index contributed by atoms with van der Waals surface area (Å²) in [7, 11) is 1.74. The number of rotatable bonds is 9. The van der Waals surface area contributed by atoms with Gasteiger partial charge in [-0.15, -0.1) is 0 Å². The second-order valence-corrected chi connectivity index (χ2v) is 6.18. The molecule has 2 aromatic carbocycles. The van der Waals surface area contributed by atoms with Crippen molar-refractivity contribution in [3.63, 3.8) is 0 Å². The van der Waals surface area contributed by atoms with Crippen LogP contribution in [0.2, 0.25) is 0 Å². The van der Waals surface area contributed by atoms with Gasteiger partial charge >= 0.3 is 0 Å². The minimum atomic E-state index is -0.175. The molecule has 0 aliphatic rings. The molecule has 140 valence electrons. The Morgan fingerprint density at radius 1 is 1.04 bits per heavy atom. The number of guanidine groups is 1. The third-order valence-electron chi connectivity index (χ3n) is 4.03. The number of benzene rings is 2. The predicted molar refractivity (Wildman–Crippen MR) is 105 cm³/mol.